The summed E-state index contributed by atoms with van der Waals surface area (Å²) in [5.74, 6) is -0.421. The molecule has 2 atom stereocenters. The molecule has 0 amide bonds. The average molecular weight is 225 g/mol. The Labute approximate surface area is 90.4 Å². The molecule has 0 aromatic heterocycles. The summed E-state index contributed by atoms with van der Waals surface area (Å²) >= 11 is 0. The average Bonchev–Trinajstić information content (AvgIpc) is 1.94. The van der Waals surface area contributed by atoms with Crippen LogP contribution in [0.15, 0.2) is 0 Å². The molecular weight excluding hydrogens is 203 g/mol. The molecule has 0 spiro atoms. The lowest BCUT2D eigenvalue weighted by atomic mass is 9.88. The van der Waals surface area contributed by atoms with Crippen LogP contribution < -0.4 is 5.32 Å². The van der Waals surface area contributed by atoms with Gasteiger partial charge in [0.25, 0.3) is 0 Å². The number of hydrogen-bond donors (Lipinski definition) is 1. The fourth-order valence-electron chi connectivity index (χ4n) is 1.36. The monoisotopic (exact) mass is 225 g/mol. The minimum Gasteiger partial charge on any atom is -0.301 e. The van der Waals surface area contributed by atoms with Crippen LogP contribution in [-0.2, 0) is 0 Å². The molecule has 4 heteroatoms. The van der Waals surface area contributed by atoms with E-state index in [2.05, 4.69) is 5.32 Å². The molecule has 0 rings (SSSR count). The molecule has 0 saturated carbocycles. The highest BCUT2D eigenvalue weighted by atomic mass is 19.4. The first kappa shape index (κ1) is 14.8. The Morgan fingerprint density at radius 2 is 1.33 bits per heavy atom. The van der Waals surface area contributed by atoms with Crippen LogP contribution in [-0.4, -0.2) is 17.8 Å². The molecule has 1 N–H and O–H groups in total. The molecule has 92 valence electrons. The van der Waals surface area contributed by atoms with Gasteiger partial charge >= 0.3 is 6.18 Å². The van der Waals surface area contributed by atoms with E-state index in [1.165, 1.54) is 0 Å². The van der Waals surface area contributed by atoms with Crippen LogP contribution in [0, 0.1) is 11.8 Å². The Morgan fingerprint density at radius 1 is 0.933 bits per heavy atom. The lowest BCUT2D eigenvalue weighted by molar-refractivity contribution is -0.174. The lowest BCUT2D eigenvalue weighted by Gasteiger charge is -2.35. The van der Waals surface area contributed by atoms with Crippen molar-refractivity contribution in [3.63, 3.8) is 0 Å². The molecule has 2 unspecified atom stereocenters. The molecule has 0 radical (unpaired) electrons. The Balaban J connectivity index is 4.76. The Bertz CT molecular complexity index is 191. The predicted octanol–water partition coefficient (Wildman–Crippen LogP) is 3.60. The van der Waals surface area contributed by atoms with Crippen LogP contribution in [0.5, 0.6) is 0 Å². The van der Waals surface area contributed by atoms with Gasteiger partial charge < -0.3 is 5.32 Å². The summed E-state index contributed by atoms with van der Waals surface area (Å²) in [6.45, 7) is 10.5. The Morgan fingerprint density at radius 3 is 1.53 bits per heavy atom. The zero-order valence-corrected chi connectivity index (χ0v) is 10.4. The first-order valence-electron chi connectivity index (χ1n) is 5.29. The first-order chi connectivity index (χ1) is 6.45. The largest absolute Gasteiger partial charge is 0.404 e. The van der Waals surface area contributed by atoms with Gasteiger partial charge in [0.1, 0.15) is 6.04 Å². The second-order valence-electron chi connectivity index (χ2n) is 5.52. The molecule has 0 aliphatic carbocycles. The minimum atomic E-state index is -4.18. The highest BCUT2D eigenvalue weighted by molar-refractivity contribution is 4.87. The van der Waals surface area contributed by atoms with E-state index in [0.29, 0.717) is 0 Å². The van der Waals surface area contributed by atoms with Gasteiger partial charge in [0.2, 0.25) is 0 Å². The maximum atomic E-state index is 12.8. The summed E-state index contributed by atoms with van der Waals surface area (Å²) in [6.07, 6.45) is -4.18. The van der Waals surface area contributed by atoms with E-state index < -0.39 is 23.7 Å². The first-order valence-corrected chi connectivity index (χ1v) is 5.29. The number of hydrogen-bond acceptors (Lipinski definition) is 1. The van der Waals surface area contributed by atoms with Crippen molar-refractivity contribution in [2.75, 3.05) is 0 Å². The van der Waals surface area contributed by atoms with Crippen LogP contribution in [0.1, 0.15) is 41.5 Å². The summed E-state index contributed by atoms with van der Waals surface area (Å²) in [6, 6.07) is -1.43. The Kier molecular flexibility index (Phi) is 4.65. The third-order valence-electron chi connectivity index (χ3n) is 2.52. The quantitative estimate of drug-likeness (QED) is 0.774. The van der Waals surface area contributed by atoms with Crippen molar-refractivity contribution in [1.82, 2.24) is 5.32 Å². The molecule has 15 heavy (non-hydrogen) atoms. The van der Waals surface area contributed by atoms with Gasteiger partial charge in [-0.1, -0.05) is 20.8 Å². The van der Waals surface area contributed by atoms with Gasteiger partial charge in [0.15, 0.2) is 0 Å². The van der Waals surface area contributed by atoms with E-state index in [-0.39, 0.29) is 5.92 Å². The molecular formula is C11H22F3N. The highest BCUT2D eigenvalue weighted by Gasteiger charge is 2.45. The van der Waals surface area contributed by atoms with Gasteiger partial charge in [-0.25, -0.2) is 0 Å². The second kappa shape index (κ2) is 4.73. The predicted molar refractivity (Wildman–Crippen MR) is 56.7 cm³/mol. The minimum absolute atomic E-state index is 0.00600. The lowest BCUT2D eigenvalue weighted by Crippen LogP contribution is -2.55. The third kappa shape index (κ3) is 5.40. The number of rotatable bonds is 3. The molecule has 0 aliphatic heterocycles. The summed E-state index contributed by atoms with van der Waals surface area (Å²) in [5, 5.41) is 2.65. The zero-order valence-electron chi connectivity index (χ0n) is 10.4. The fourth-order valence-corrected chi connectivity index (χ4v) is 1.36. The number of alkyl halides is 3. The van der Waals surface area contributed by atoms with Gasteiger partial charge in [-0.3, -0.25) is 0 Å². The van der Waals surface area contributed by atoms with Crippen LogP contribution in [0.4, 0.5) is 13.2 Å². The third-order valence-corrected chi connectivity index (χ3v) is 2.52. The molecule has 0 heterocycles. The van der Waals surface area contributed by atoms with Crippen LogP contribution >= 0.6 is 0 Å². The van der Waals surface area contributed by atoms with Crippen LogP contribution in [0.25, 0.3) is 0 Å². The van der Waals surface area contributed by atoms with Crippen molar-refractivity contribution in [1.29, 1.82) is 0 Å². The van der Waals surface area contributed by atoms with Crippen molar-refractivity contribution < 1.29 is 13.2 Å². The summed E-state index contributed by atoms with van der Waals surface area (Å²) in [5.41, 5.74) is -0.524. The SMILES string of the molecule is CC(C)C(C)C(NC(C)(C)C)C(F)(F)F. The van der Waals surface area contributed by atoms with Crippen LogP contribution in [0.2, 0.25) is 0 Å². The molecule has 1 nitrogen and oxygen atoms in total. The maximum absolute atomic E-state index is 12.8. The van der Waals surface area contributed by atoms with Crippen molar-refractivity contribution in [3.05, 3.63) is 0 Å². The van der Waals surface area contributed by atoms with Crippen molar-refractivity contribution in [3.8, 4) is 0 Å². The van der Waals surface area contributed by atoms with E-state index in [9.17, 15) is 13.2 Å². The smallest absolute Gasteiger partial charge is 0.301 e. The zero-order chi connectivity index (χ0) is 12.4. The number of nitrogens with one attached hydrogen (secondary N) is 1. The summed E-state index contributed by atoms with van der Waals surface area (Å²) < 4.78 is 38.4. The Hall–Kier alpha value is -0.250. The molecule has 0 fully saturated rings. The summed E-state index contributed by atoms with van der Waals surface area (Å²) in [4.78, 5) is 0. The van der Waals surface area contributed by atoms with Crippen LogP contribution in [0.3, 0.4) is 0 Å². The normalized spacial score (nSPS) is 18.0. The van der Waals surface area contributed by atoms with E-state index in [1.807, 2.05) is 13.8 Å². The summed E-state index contributed by atoms with van der Waals surface area (Å²) in [7, 11) is 0. The van der Waals surface area contributed by atoms with E-state index in [1.54, 1.807) is 27.7 Å². The van der Waals surface area contributed by atoms with Gasteiger partial charge in [-0.2, -0.15) is 13.2 Å². The molecule has 0 aromatic rings. The molecule has 0 saturated heterocycles. The molecule has 0 aromatic carbocycles. The van der Waals surface area contributed by atoms with E-state index in [0.717, 1.165) is 0 Å². The van der Waals surface area contributed by atoms with E-state index >= 15 is 0 Å². The van der Waals surface area contributed by atoms with Crippen molar-refractivity contribution >= 4 is 0 Å². The molecule has 0 bridgehead atoms. The fraction of sp³-hybridized carbons (Fsp3) is 1.00. The standard InChI is InChI=1S/C11H22F3N/c1-7(2)8(3)9(11(12,13)14)15-10(4,5)6/h7-9,15H,1-6H3. The topological polar surface area (TPSA) is 12.0 Å². The van der Waals surface area contributed by atoms with Gasteiger partial charge in [-0.15, -0.1) is 0 Å². The van der Waals surface area contributed by atoms with Gasteiger partial charge in [0, 0.05) is 5.54 Å². The highest BCUT2D eigenvalue weighted by Crippen LogP contribution is 2.30. The second-order valence-corrected chi connectivity index (χ2v) is 5.52. The maximum Gasteiger partial charge on any atom is 0.404 e. The van der Waals surface area contributed by atoms with E-state index in [4.69, 9.17) is 0 Å². The van der Waals surface area contributed by atoms with Crippen molar-refractivity contribution in [2.45, 2.75) is 59.3 Å². The van der Waals surface area contributed by atoms with Gasteiger partial charge in [-0.05, 0) is 32.6 Å². The number of halogens is 3. The van der Waals surface area contributed by atoms with Gasteiger partial charge in [0.05, 0.1) is 0 Å². The molecule has 0 aliphatic rings. The van der Waals surface area contributed by atoms with Crippen molar-refractivity contribution in [2.24, 2.45) is 11.8 Å².